The number of carbonyl (C=O) groups is 1. The standard InChI is InChI=1S/C14H12F2N2O3S/c15-10-1-5-12(6-2-10)18-14(19)9-17-22(20,21)13-7-3-11(16)4-8-13/h1-8,17H,9H2,(H,18,19). The maximum atomic E-state index is 12.8. The van der Waals surface area contributed by atoms with Gasteiger partial charge in [-0.25, -0.2) is 21.9 Å². The summed E-state index contributed by atoms with van der Waals surface area (Å²) in [5, 5.41) is 2.41. The molecule has 0 saturated carbocycles. The highest BCUT2D eigenvalue weighted by Gasteiger charge is 2.15. The quantitative estimate of drug-likeness (QED) is 0.881. The summed E-state index contributed by atoms with van der Waals surface area (Å²) in [6.07, 6.45) is 0. The van der Waals surface area contributed by atoms with Crippen LogP contribution in [0.25, 0.3) is 0 Å². The molecule has 2 aromatic rings. The van der Waals surface area contributed by atoms with Crippen molar-refractivity contribution >= 4 is 21.6 Å². The summed E-state index contributed by atoms with van der Waals surface area (Å²) in [5.41, 5.74) is 0.340. The second kappa shape index (κ2) is 6.63. The molecule has 2 N–H and O–H groups in total. The predicted molar refractivity (Wildman–Crippen MR) is 76.6 cm³/mol. The highest BCUT2D eigenvalue weighted by Crippen LogP contribution is 2.10. The number of rotatable bonds is 5. The van der Waals surface area contributed by atoms with Crippen molar-refractivity contribution < 1.29 is 22.0 Å². The normalized spacial score (nSPS) is 11.2. The Morgan fingerprint density at radius 2 is 1.41 bits per heavy atom. The van der Waals surface area contributed by atoms with Gasteiger partial charge in [-0.05, 0) is 48.5 Å². The summed E-state index contributed by atoms with van der Waals surface area (Å²) < 4.78 is 51.3. The summed E-state index contributed by atoms with van der Waals surface area (Å²) in [7, 11) is -3.91. The van der Waals surface area contributed by atoms with E-state index in [9.17, 15) is 22.0 Å². The van der Waals surface area contributed by atoms with Crippen LogP contribution in [0.3, 0.4) is 0 Å². The molecule has 8 heteroatoms. The van der Waals surface area contributed by atoms with E-state index in [1.54, 1.807) is 0 Å². The van der Waals surface area contributed by atoms with E-state index < -0.39 is 34.1 Å². The highest BCUT2D eigenvalue weighted by atomic mass is 32.2. The molecule has 0 bridgehead atoms. The first-order valence-electron chi connectivity index (χ1n) is 6.17. The molecule has 2 rings (SSSR count). The van der Waals surface area contributed by atoms with Crippen LogP contribution in [-0.2, 0) is 14.8 Å². The second-order valence-corrected chi connectivity index (χ2v) is 6.10. The molecule has 0 atom stereocenters. The van der Waals surface area contributed by atoms with E-state index in [0.29, 0.717) is 5.69 Å². The fourth-order valence-electron chi connectivity index (χ4n) is 1.60. The minimum absolute atomic E-state index is 0.150. The lowest BCUT2D eigenvalue weighted by Gasteiger charge is -2.08. The Hall–Kier alpha value is -2.32. The van der Waals surface area contributed by atoms with Crippen LogP contribution in [0.2, 0.25) is 0 Å². The molecule has 0 saturated heterocycles. The Labute approximate surface area is 126 Å². The number of anilines is 1. The van der Waals surface area contributed by atoms with Crippen molar-refractivity contribution in [2.75, 3.05) is 11.9 Å². The Kier molecular flexibility index (Phi) is 4.84. The number of carbonyl (C=O) groups excluding carboxylic acids is 1. The lowest BCUT2D eigenvalue weighted by atomic mass is 10.3. The van der Waals surface area contributed by atoms with Crippen LogP contribution < -0.4 is 10.0 Å². The lowest BCUT2D eigenvalue weighted by Crippen LogP contribution is -2.32. The largest absolute Gasteiger partial charge is 0.325 e. The van der Waals surface area contributed by atoms with Gasteiger partial charge >= 0.3 is 0 Å². The van der Waals surface area contributed by atoms with Gasteiger partial charge in [-0.2, -0.15) is 0 Å². The van der Waals surface area contributed by atoms with Crippen molar-refractivity contribution in [3.05, 3.63) is 60.2 Å². The molecule has 22 heavy (non-hydrogen) atoms. The van der Waals surface area contributed by atoms with Crippen LogP contribution in [0.15, 0.2) is 53.4 Å². The molecule has 0 spiro atoms. The minimum atomic E-state index is -3.91. The molecule has 0 aliphatic rings. The van der Waals surface area contributed by atoms with Gasteiger partial charge in [0.15, 0.2) is 0 Å². The first kappa shape index (κ1) is 16.1. The molecule has 116 valence electrons. The van der Waals surface area contributed by atoms with Gasteiger partial charge in [-0.15, -0.1) is 0 Å². The second-order valence-electron chi connectivity index (χ2n) is 4.33. The van der Waals surface area contributed by atoms with E-state index in [0.717, 1.165) is 36.4 Å². The Morgan fingerprint density at radius 1 is 0.909 bits per heavy atom. The van der Waals surface area contributed by atoms with Gasteiger partial charge in [0, 0.05) is 5.69 Å². The third kappa shape index (κ3) is 4.34. The molecule has 0 fully saturated rings. The van der Waals surface area contributed by atoms with Gasteiger partial charge in [-0.1, -0.05) is 0 Å². The molecule has 0 aliphatic carbocycles. The van der Waals surface area contributed by atoms with Crippen LogP contribution >= 0.6 is 0 Å². The van der Waals surface area contributed by atoms with Crippen LogP contribution in [0.4, 0.5) is 14.5 Å². The smallest absolute Gasteiger partial charge is 0.241 e. The average molecular weight is 326 g/mol. The highest BCUT2D eigenvalue weighted by molar-refractivity contribution is 7.89. The lowest BCUT2D eigenvalue weighted by molar-refractivity contribution is -0.115. The van der Waals surface area contributed by atoms with Crippen molar-refractivity contribution in [2.45, 2.75) is 4.90 Å². The maximum absolute atomic E-state index is 12.8. The van der Waals surface area contributed by atoms with Gasteiger partial charge < -0.3 is 5.32 Å². The van der Waals surface area contributed by atoms with Crippen molar-refractivity contribution in [1.29, 1.82) is 0 Å². The number of hydrogen-bond donors (Lipinski definition) is 2. The Morgan fingerprint density at radius 3 is 1.95 bits per heavy atom. The van der Waals surface area contributed by atoms with Crippen LogP contribution in [0.5, 0.6) is 0 Å². The maximum Gasteiger partial charge on any atom is 0.241 e. The van der Waals surface area contributed by atoms with Crippen LogP contribution in [0.1, 0.15) is 0 Å². The zero-order valence-corrected chi connectivity index (χ0v) is 12.0. The Balaban J connectivity index is 1.95. The fraction of sp³-hybridized carbons (Fsp3) is 0.0714. The molecule has 0 radical (unpaired) electrons. The van der Waals surface area contributed by atoms with E-state index in [4.69, 9.17) is 0 Å². The van der Waals surface area contributed by atoms with Gasteiger partial charge in [0.2, 0.25) is 15.9 Å². The predicted octanol–water partition coefficient (Wildman–Crippen LogP) is 1.88. The van der Waals surface area contributed by atoms with Crippen LogP contribution in [-0.4, -0.2) is 20.9 Å². The minimum Gasteiger partial charge on any atom is -0.325 e. The van der Waals surface area contributed by atoms with E-state index in [2.05, 4.69) is 10.0 Å². The zero-order valence-electron chi connectivity index (χ0n) is 11.2. The molecule has 0 aromatic heterocycles. The summed E-state index contributed by atoms with van der Waals surface area (Å²) >= 11 is 0. The SMILES string of the molecule is O=C(CNS(=O)(=O)c1ccc(F)cc1)Nc1ccc(F)cc1. The van der Waals surface area contributed by atoms with Gasteiger partial charge in [0.25, 0.3) is 0 Å². The summed E-state index contributed by atoms with van der Waals surface area (Å²) in [4.78, 5) is 11.5. The third-order valence-corrected chi connectivity index (χ3v) is 4.09. The van der Waals surface area contributed by atoms with Gasteiger partial charge in [-0.3, -0.25) is 4.79 Å². The monoisotopic (exact) mass is 326 g/mol. The van der Waals surface area contributed by atoms with Crippen molar-refractivity contribution in [3.63, 3.8) is 0 Å². The number of amides is 1. The summed E-state index contributed by atoms with van der Waals surface area (Å²) in [5.74, 6) is -1.62. The van der Waals surface area contributed by atoms with E-state index in [1.807, 2.05) is 0 Å². The number of sulfonamides is 1. The number of benzene rings is 2. The molecule has 5 nitrogen and oxygen atoms in total. The van der Waals surface area contributed by atoms with Crippen molar-refractivity contribution in [1.82, 2.24) is 4.72 Å². The van der Waals surface area contributed by atoms with E-state index >= 15 is 0 Å². The summed E-state index contributed by atoms with van der Waals surface area (Å²) in [6.45, 7) is -0.503. The molecule has 0 heterocycles. The van der Waals surface area contributed by atoms with Gasteiger partial charge in [0.05, 0.1) is 11.4 Å². The van der Waals surface area contributed by atoms with Crippen molar-refractivity contribution in [3.8, 4) is 0 Å². The molecule has 0 aliphatic heterocycles. The molecule has 1 amide bonds. The third-order valence-electron chi connectivity index (χ3n) is 2.67. The number of halogens is 2. The van der Waals surface area contributed by atoms with Gasteiger partial charge in [0.1, 0.15) is 11.6 Å². The topological polar surface area (TPSA) is 75.3 Å². The van der Waals surface area contributed by atoms with Crippen LogP contribution in [0, 0.1) is 11.6 Å². The molecular formula is C14H12F2N2O3S. The average Bonchev–Trinajstić information content (AvgIpc) is 2.48. The van der Waals surface area contributed by atoms with Crippen molar-refractivity contribution in [2.24, 2.45) is 0 Å². The zero-order chi connectivity index (χ0) is 16.2. The Bertz CT molecular complexity index is 760. The number of nitrogens with one attached hydrogen (secondary N) is 2. The first-order chi connectivity index (χ1) is 10.4. The first-order valence-corrected chi connectivity index (χ1v) is 7.66. The molecule has 2 aromatic carbocycles. The van der Waals surface area contributed by atoms with E-state index in [-0.39, 0.29) is 4.90 Å². The fourth-order valence-corrected chi connectivity index (χ4v) is 2.58. The molecule has 0 unspecified atom stereocenters. The number of hydrogen-bond acceptors (Lipinski definition) is 3. The van der Waals surface area contributed by atoms with E-state index in [1.165, 1.54) is 12.1 Å². The summed E-state index contributed by atoms with van der Waals surface area (Å²) in [6, 6.07) is 9.23. The molecular weight excluding hydrogens is 314 g/mol.